The van der Waals surface area contributed by atoms with E-state index < -0.39 is 10.2 Å². The minimum absolute atomic E-state index is 0.127. The summed E-state index contributed by atoms with van der Waals surface area (Å²) in [4.78, 5) is 9.42. The molecule has 0 spiro atoms. The van der Waals surface area contributed by atoms with Crippen molar-refractivity contribution >= 4 is 10.2 Å². The molecule has 6 heteroatoms. The van der Waals surface area contributed by atoms with Crippen LogP contribution < -0.4 is 0 Å². The Morgan fingerprint density at radius 1 is 1.21 bits per heavy atom. The molecule has 0 fully saturated rings. The Kier molecular flexibility index (Phi) is 3.29. The van der Waals surface area contributed by atoms with E-state index >= 15 is 0 Å². The van der Waals surface area contributed by atoms with Gasteiger partial charge in [-0.2, -0.15) is 13.3 Å². The van der Waals surface area contributed by atoms with Gasteiger partial charge in [0.2, 0.25) is 0 Å². The summed E-state index contributed by atoms with van der Waals surface area (Å²) in [6.07, 6.45) is 0.427. The molecule has 0 unspecified atom stereocenters. The van der Waals surface area contributed by atoms with E-state index in [0.717, 1.165) is 17.7 Å². The number of benzene rings is 1. The van der Waals surface area contributed by atoms with Crippen LogP contribution in [0.5, 0.6) is 0 Å². The Hall–Kier alpha value is -1.30. The van der Waals surface area contributed by atoms with Gasteiger partial charge in [-0.3, -0.25) is 0 Å². The highest BCUT2D eigenvalue weighted by molar-refractivity contribution is 7.86. The van der Waals surface area contributed by atoms with Gasteiger partial charge in [-0.05, 0) is 24.1 Å². The van der Waals surface area contributed by atoms with E-state index in [4.69, 9.17) is 0 Å². The lowest BCUT2D eigenvalue weighted by atomic mass is 10.2. The lowest BCUT2D eigenvalue weighted by molar-refractivity contribution is 0.552. The van der Waals surface area contributed by atoms with Crippen LogP contribution in [0.15, 0.2) is 34.3 Å². The first-order valence-electron chi connectivity index (χ1n) is 3.87. The first-order valence-corrected chi connectivity index (χ1v) is 5.25. The Balaban J connectivity index is 2.84. The van der Waals surface area contributed by atoms with Crippen molar-refractivity contribution in [1.82, 2.24) is 0 Å². The zero-order valence-electron chi connectivity index (χ0n) is 7.18. The molecule has 0 aliphatic carbocycles. The van der Waals surface area contributed by atoms with Crippen LogP contribution in [-0.2, 0) is 16.6 Å². The highest BCUT2D eigenvalue weighted by atomic mass is 32.3. The van der Waals surface area contributed by atoms with Crippen molar-refractivity contribution in [3.05, 3.63) is 34.7 Å². The van der Waals surface area contributed by atoms with Crippen LogP contribution in [0.25, 0.3) is 0 Å². The van der Waals surface area contributed by atoms with E-state index in [9.17, 15) is 17.2 Å². The fourth-order valence-corrected chi connectivity index (χ4v) is 1.45. The average Bonchev–Trinajstić information content (AvgIpc) is 2.14. The van der Waals surface area contributed by atoms with Crippen molar-refractivity contribution in [2.75, 3.05) is 6.54 Å². The van der Waals surface area contributed by atoms with Crippen molar-refractivity contribution in [3.63, 3.8) is 0 Å². The van der Waals surface area contributed by atoms with Gasteiger partial charge in [-0.15, -0.1) is 3.89 Å². The van der Waals surface area contributed by atoms with Gasteiger partial charge < -0.3 is 0 Å². The van der Waals surface area contributed by atoms with Crippen molar-refractivity contribution < 1.29 is 12.3 Å². The van der Waals surface area contributed by atoms with Crippen molar-refractivity contribution in [2.45, 2.75) is 11.3 Å². The van der Waals surface area contributed by atoms with Gasteiger partial charge in [0.05, 0.1) is 11.4 Å². The molecule has 0 heterocycles. The van der Waals surface area contributed by atoms with Crippen LogP contribution in [0.4, 0.5) is 3.89 Å². The predicted molar refractivity (Wildman–Crippen MR) is 49.1 cm³/mol. The maximum absolute atomic E-state index is 12.4. The molecule has 1 rings (SSSR count). The fourth-order valence-electron chi connectivity index (χ4n) is 0.993. The molecule has 0 saturated heterocycles. The third kappa shape index (κ3) is 2.88. The smallest absolute Gasteiger partial charge is 0.189 e. The highest BCUT2D eigenvalue weighted by Gasteiger charge is 2.10. The van der Waals surface area contributed by atoms with Crippen LogP contribution in [0.3, 0.4) is 0 Å². The molecule has 0 amide bonds. The summed E-state index contributed by atoms with van der Waals surface area (Å²) in [5.74, 6) is 0. The molecule has 1 aromatic rings. The van der Waals surface area contributed by atoms with Crippen LogP contribution in [0, 0.1) is 4.91 Å². The van der Waals surface area contributed by atoms with E-state index in [1.54, 1.807) is 0 Å². The van der Waals surface area contributed by atoms with Gasteiger partial charge in [-0.1, -0.05) is 17.3 Å². The van der Waals surface area contributed by atoms with Crippen LogP contribution in [-0.4, -0.2) is 15.0 Å². The number of halogens is 1. The van der Waals surface area contributed by atoms with E-state index in [1.165, 1.54) is 12.1 Å². The van der Waals surface area contributed by atoms with Crippen LogP contribution >= 0.6 is 0 Å². The van der Waals surface area contributed by atoms with E-state index in [-0.39, 0.29) is 11.4 Å². The van der Waals surface area contributed by atoms with Gasteiger partial charge in [0.25, 0.3) is 0 Å². The molecule has 0 aromatic heterocycles. The SMILES string of the molecule is O=NCCc1ccc(S(=O)(=O)F)cc1. The minimum Gasteiger partial charge on any atom is -0.189 e. The summed E-state index contributed by atoms with van der Waals surface area (Å²) in [6.45, 7) is 0.127. The number of nitroso groups, excluding NO2 is 1. The lowest BCUT2D eigenvalue weighted by Gasteiger charge is -1.98. The Morgan fingerprint density at radius 3 is 2.21 bits per heavy atom. The molecule has 4 nitrogen and oxygen atoms in total. The summed E-state index contributed by atoms with van der Waals surface area (Å²) < 4.78 is 33.3. The van der Waals surface area contributed by atoms with Gasteiger partial charge >= 0.3 is 10.2 Å². The summed E-state index contributed by atoms with van der Waals surface area (Å²) >= 11 is 0. The fraction of sp³-hybridized carbons (Fsp3) is 0.250. The third-order valence-corrected chi connectivity index (χ3v) is 2.53. The second-order valence-electron chi connectivity index (χ2n) is 2.68. The van der Waals surface area contributed by atoms with Crippen LogP contribution in [0.2, 0.25) is 0 Å². The van der Waals surface area contributed by atoms with Gasteiger partial charge in [0, 0.05) is 0 Å². The standard InChI is InChI=1S/C8H8FNO3S/c9-14(12,13)8-3-1-7(2-4-8)5-6-10-11/h1-4H,5-6H2. The predicted octanol–water partition coefficient (Wildman–Crippen LogP) is 1.65. The largest absolute Gasteiger partial charge is 0.332 e. The van der Waals surface area contributed by atoms with Crippen molar-refractivity contribution in [2.24, 2.45) is 5.18 Å². The summed E-state index contributed by atoms with van der Waals surface area (Å²) in [5, 5.41) is 2.66. The van der Waals surface area contributed by atoms with E-state index in [2.05, 4.69) is 5.18 Å². The Bertz CT molecular complexity index is 413. The van der Waals surface area contributed by atoms with Crippen LogP contribution in [0.1, 0.15) is 5.56 Å². The molecule has 0 N–H and O–H groups in total. The van der Waals surface area contributed by atoms with Gasteiger partial charge in [0.15, 0.2) is 0 Å². The van der Waals surface area contributed by atoms with Gasteiger partial charge in [0.1, 0.15) is 0 Å². The summed E-state index contributed by atoms with van der Waals surface area (Å²) in [6, 6.07) is 5.24. The first-order chi connectivity index (χ1) is 6.54. The molecular formula is C8H8FNO3S. The molecule has 1 aromatic carbocycles. The van der Waals surface area contributed by atoms with E-state index in [0.29, 0.717) is 6.42 Å². The Labute approximate surface area is 80.9 Å². The lowest BCUT2D eigenvalue weighted by Crippen LogP contribution is -1.93. The molecule has 0 bridgehead atoms. The molecular weight excluding hydrogens is 209 g/mol. The maximum Gasteiger partial charge on any atom is 0.332 e. The van der Waals surface area contributed by atoms with E-state index in [1.807, 2.05) is 0 Å². The first kappa shape index (κ1) is 10.8. The summed E-state index contributed by atoms with van der Waals surface area (Å²) in [7, 11) is -4.63. The molecule has 0 radical (unpaired) electrons. The second-order valence-corrected chi connectivity index (χ2v) is 4.03. The number of rotatable bonds is 4. The maximum atomic E-state index is 12.4. The van der Waals surface area contributed by atoms with Crippen molar-refractivity contribution in [3.8, 4) is 0 Å². The number of nitrogens with zero attached hydrogens (tertiary/aromatic N) is 1. The monoisotopic (exact) mass is 217 g/mol. The van der Waals surface area contributed by atoms with Crippen molar-refractivity contribution in [1.29, 1.82) is 0 Å². The minimum atomic E-state index is -4.63. The highest BCUT2D eigenvalue weighted by Crippen LogP contribution is 2.13. The summed E-state index contributed by atoms with van der Waals surface area (Å²) in [5.41, 5.74) is 0.747. The zero-order chi connectivity index (χ0) is 10.6. The average molecular weight is 217 g/mol. The number of hydrogen-bond acceptors (Lipinski definition) is 4. The molecule has 0 saturated carbocycles. The normalized spacial score (nSPS) is 11.2. The quantitative estimate of drug-likeness (QED) is 0.569. The molecule has 76 valence electrons. The molecule has 0 atom stereocenters. The third-order valence-electron chi connectivity index (χ3n) is 1.70. The molecule has 14 heavy (non-hydrogen) atoms. The Morgan fingerprint density at radius 2 is 1.79 bits per heavy atom. The topological polar surface area (TPSA) is 63.6 Å². The molecule has 0 aliphatic rings. The van der Waals surface area contributed by atoms with Gasteiger partial charge in [-0.25, -0.2) is 0 Å². The zero-order valence-corrected chi connectivity index (χ0v) is 8.00. The number of hydrogen-bond donors (Lipinski definition) is 0. The second kappa shape index (κ2) is 4.28. The molecule has 0 aliphatic heterocycles.